The number of H-pyrrole nitrogens is 1. The molecule has 0 spiro atoms. The summed E-state index contributed by atoms with van der Waals surface area (Å²) in [6, 6.07) is -0.0754. The number of aromatic nitrogens is 4. The maximum atomic E-state index is 12.8. The Morgan fingerprint density at radius 3 is 2.72 bits per heavy atom. The minimum Gasteiger partial charge on any atom is -0.270 e. The molecule has 0 aromatic carbocycles. The molecule has 0 radical (unpaired) electrons. The van der Waals surface area contributed by atoms with Gasteiger partial charge in [-0.05, 0) is 6.07 Å². The molecule has 0 aliphatic heterocycles. The van der Waals surface area contributed by atoms with Crippen molar-refractivity contribution >= 4 is 0 Å². The lowest BCUT2D eigenvalue weighted by molar-refractivity contribution is -0.138. The van der Waals surface area contributed by atoms with Gasteiger partial charge >= 0.3 is 6.18 Å². The maximum Gasteiger partial charge on any atom is 0.416 e. The summed E-state index contributed by atoms with van der Waals surface area (Å²) < 4.78 is 38.5. The molecule has 6 nitrogen and oxygen atoms in total. The number of halogens is 3. The van der Waals surface area contributed by atoms with Crippen LogP contribution in [0.5, 0.6) is 0 Å². The van der Waals surface area contributed by atoms with E-state index >= 15 is 0 Å². The Morgan fingerprint density at radius 2 is 2.17 bits per heavy atom. The summed E-state index contributed by atoms with van der Waals surface area (Å²) in [4.78, 5) is 7.46. The Balaban J connectivity index is 2.50. The third kappa shape index (κ3) is 2.31. The van der Waals surface area contributed by atoms with E-state index in [1.54, 1.807) is 0 Å². The fourth-order valence-electron chi connectivity index (χ4n) is 1.56. The van der Waals surface area contributed by atoms with Crippen molar-refractivity contribution in [3.63, 3.8) is 0 Å². The van der Waals surface area contributed by atoms with E-state index in [9.17, 15) is 13.2 Å². The molecule has 2 aromatic rings. The fourth-order valence-corrected chi connectivity index (χ4v) is 1.56. The Bertz CT molecular complexity index is 509. The van der Waals surface area contributed by atoms with Crippen LogP contribution in [0.25, 0.3) is 0 Å². The Morgan fingerprint density at radius 1 is 1.39 bits per heavy atom. The molecule has 1 unspecified atom stereocenters. The number of hydrogen-bond donors (Lipinski definition) is 3. The minimum absolute atomic E-state index is 0.121. The molecule has 2 heterocycles. The SMILES string of the molecule is NNC(c1ncn[nH]1)c1cnccc1C(F)(F)F. The second-order valence-electron chi connectivity index (χ2n) is 3.43. The number of nitrogens with two attached hydrogens (primary N) is 1. The third-order valence-electron chi connectivity index (χ3n) is 2.34. The molecule has 9 heteroatoms. The van der Waals surface area contributed by atoms with Crippen LogP contribution in [0.1, 0.15) is 23.0 Å². The van der Waals surface area contributed by atoms with Gasteiger partial charge < -0.3 is 0 Å². The van der Waals surface area contributed by atoms with Crippen LogP contribution >= 0.6 is 0 Å². The number of nitrogens with one attached hydrogen (secondary N) is 2. The Kier molecular flexibility index (Phi) is 3.26. The maximum absolute atomic E-state index is 12.8. The van der Waals surface area contributed by atoms with Crippen LogP contribution < -0.4 is 11.3 Å². The summed E-state index contributed by atoms with van der Waals surface area (Å²) in [5.74, 6) is 5.45. The predicted molar refractivity (Wildman–Crippen MR) is 54.8 cm³/mol. The molecule has 0 saturated heterocycles. The van der Waals surface area contributed by atoms with Crippen molar-refractivity contribution in [3.05, 3.63) is 41.7 Å². The van der Waals surface area contributed by atoms with Crippen molar-refractivity contribution in [1.82, 2.24) is 25.6 Å². The van der Waals surface area contributed by atoms with Crippen molar-refractivity contribution in [2.75, 3.05) is 0 Å². The van der Waals surface area contributed by atoms with Gasteiger partial charge in [-0.3, -0.25) is 15.9 Å². The highest BCUT2D eigenvalue weighted by Crippen LogP contribution is 2.34. The monoisotopic (exact) mass is 258 g/mol. The van der Waals surface area contributed by atoms with E-state index in [0.29, 0.717) is 0 Å². The molecule has 0 fully saturated rings. The number of aromatic amines is 1. The van der Waals surface area contributed by atoms with Crippen LogP contribution in [-0.4, -0.2) is 20.2 Å². The van der Waals surface area contributed by atoms with Crippen molar-refractivity contribution in [2.24, 2.45) is 5.84 Å². The van der Waals surface area contributed by atoms with Gasteiger partial charge in [0, 0.05) is 18.0 Å². The standard InChI is InChI=1S/C9H9F3N6/c10-9(11,12)6-1-2-14-3-5(6)7(17-13)8-15-4-16-18-8/h1-4,7,17H,13H2,(H,15,16,18). The van der Waals surface area contributed by atoms with E-state index in [1.165, 1.54) is 6.33 Å². The topological polar surface area (TPSA) is 92.5 Å². The lowest BCUT2D eigenvalue weighted by Gasteiger charge is -2.18. The highest BCUT2D eigenvalue weighted by Gasteiger charge is 2.36. The number of hydrogen-bond acceptors (Lipinski definition) is 5. The molecule has 4 N–H and O–H groups in total. The van der Waals surface area contributed by atoms with E-state index in [2.05, 4.69) is 25.6 Å². The van der Waals surface area contributed by atoms with Crippen molar-refractivity contribution in [1.29, 1.82) is 0 Å². The summed E-state index contributed by atoms with van der Waals surface area (Å²) in [5.41, 5.74) is 1.32. The van der Waals surface area contributed by atoms with Crippen molar-refractivity contribution in [3.8, 4) is 0 Å². The highest BCUT2D eigenvalue weighted by molar-refractivity contribution is 5.32. The normalized spacial score (nSPS) is 13.6. The van der Waals surface area contributed by atoms with E-state index in [4.69, 9.17) is 5.84 Å². The van der Waals surface area contributed by atoms with Crippen LogP contribution in [0, 0.1) is 0 Å². The zero-order valence-corrected chi connectivity index (χ0v) is 8.94. The van der Waals surface area contributed by atoms with E-state index in [1.807, 2.05) is 0 Å². The first-order valence-electron chi connectivity index (χ1n) is 4.86. The van der Waals surface area contributed by atoms with Gasteiger partial charge in [0.05, 0.1) is 5.56 Å². The number of hydrazine groups is 1. The van der Waals surface area contributed by atoms with Crippen LogP contribution in [0.2, 0.25) is 0 Å². The Labute approximate surface area is 99.4 Å². The second-order valence-corrected chi connectivity index (χ2v) is 3.43. The van der Waals surface area contributed by atoms with Crippen LogP contribution in [0.3, 0.4) is 0 Å². The largest absolute Gasteiger partial charge is 0.416 e. The van der Waals surface area contributed by atoms with E-state index in [-0.39, 0.29) is 11.4 Å². The smallest absolute Gasteiger partial charge is 0.270 e. The van der Waals surface area contributed by atoms with Crippen molar-refractivity contribution in [2.45, 2.75) is 12.2 Å². The number of nitrogens with zero attached hydrogens (tertiary/aromatic N) is 3. The van der Waals surface area contributed by atoms with Gasteiger partial charge in [-0.2, -0.15) is 18.3 Å². The lowest BCUT2D eigenvalue weighted by atomic mass is 10.0. The van der Waals surface area contributed by atoms with Crippen molar-refractivity contribution < 1.29 is 13.2 Å². The molecule has 0 saturated carbocycles. The first kappa shape index (κ1) is 12.5. The van der Waals surface area contributed by atoms with E-state index in [0.717, 1.165) is 18.5 Å². The summed E-state index contributed by atoms with van der Waals surface area (Å²) in [5, 5.41) is 6.04. The summed E-state index contributed by atoms with van der Waals surface area (Å²) >= 11 is 0. The molecular formula is C9H9F3N6. The average molecular weight is 258 g/mol. The molecule has 0 aliphatic carbocycles. The number of rotatable bonds is 3. The van der Waals surface area contributed by atoms with Gasteiger partial charge in [0.2, 0.25) is 0 Å². The predicted octanol–water partition coefficient (Wildman–Crippen LogP) is 0.771. The molecule has 0 amide bonds. The zero-order chi connectivity index (χ0) is 13.2. The molecule has 2 aromatic heterocycles. The van der Waals surface area contributed by atoms with Gasteiger partial charge in [-0.15, -0.1) is 0 Å². The molecule has 18 heavy (non-hydrogen) atoms. The van der Waals surface area contributed by atoms with Gasteiger partial charge in [-0.1, -0.05) is 0 Å². The van der Waals surface area contributed by atoms with Gasteiger partial charge in [0.15, 0.2) is 0 Å². The quantitative estimate of drug-likeness (QED) is 0.558. The molecule has 0 bridgehead atoms. The average Bonchev–Trinajstić information content (AvgIpc) is 2.83. The molecule has 1 atom stereocenters. The summed E-state index contributed by atoms with van der Waals surface area (Å²) in [6.45, 7) is 0. The fraction of sp³-hybridized carbons (Fsp3) is 0.222. The summed E-state index contributed by atoms with van der Waals surface area (Å²) in [7, 11) is 0. The lowest BCUT2D eigenvalue weighted by Crippen LogP contribution is -2.31. The van der Waals surface area contributed by atoms with E-state index < -0.39 is 17.8 Å². The van der Waals surface area contributed by atoms with Crippen LogP contribution in [0.15, 0.2) is 24.8 Å². The second kappa shape index (κ2) is 4.70. The first-order valence-corrected chi connectivity index (χ1v) is 4.86. The third-order valence-corrected chi connectivity index (χ3v) is 2.34. The van der Waals surface area contributed by atoms with Crippen LogP contribution in [0.4, 0.5) is 13.2 Å². The molecular weight excluding hydrogens is 249 g/mol. The van der Waals surface area contributed by atoms with Gasteiger partial charge in [-0.25, -0.2) is 10.4 Å². The molecule has 96 valence electrons. The minimum atomic E-state index is -4.49. The first-order chi connectivity index (χ1) is 8.54. The van der Waals surface area contributed by atoms with Gasteiger partial charge in [0.25, 0.3) is 0 Å². The number of alkyl halides is 3. The van der Waals surface area contributed by atoms with Crippen LogP contribution in [-0.2, 0) is 6.18 Å². The Hall–Kier alpha value is -2.00. The summed E-state index contributed by atoms with van der Waals surface area (Å²) in [6.07, 6.45) is -1.15. The zero-order valence-electron chi connectivity index (χ0n) is 8.94. The number of pyridine rings is 1. The highest BCUT2D eigenvalue weighted by atomic mass is 19.4. The molecule has 2 rings (SSSR count). The molecule has 0 aliphatic rings. The van der Waals surface area contributed by atoms with Gasteiger partial charge in [0.1, 0.15) is 18.2 Å².